The number of nitrogens with one attached hydrogen (secondary N) is 3. The summed E-state index contributed by atoms with van der Waals surface area (Å²) in [5.74, 6) is 1.91. The molecule has 0 atom stereocenters. The van der Waals surface area contributed by atoms with Gasteiger partial charge in [-0.2, -0.15) is 5.10 Å². The zero-order valence-electron chi connectivity index (χ0n) is 8.40. The molecule has 6 nitrogen and oxygen atoms in total. The van der Waals surface area contributed by atoms with Gasteiger partial charge >= 0.3 is 0 Å². The number of hydrogen-bond acceptors (Lipinski definition) is 4. The number of aryl methyl sites for hydroxylation is 1. The first-order valence-electron chi connectivity index (χ1n) is 4.98. The van der Waals surface area contributed by atoms with Gasteiger partial charge in [0.1, 0.15) is 18.0 Å². The molecule has 15 heavy (non-hydrogen) atoms. The van der Waals surface area contributed by atoms with E-state index in [9.17, 15) is 0 Å². The van der Waals surface area contributed by atoms with Gasteiger partial charge in [0.05, 0.1) is 6.54 Å². The SMILES string of the molecule is c1c[nH]c(CNCCCc2ncn[nH]2)n1. The number of aromatic nitrogens is 5. The summed E-state index contributed by atoms with van der Waals surface area (Å²) in [4.78, 5) is 11.2. The zero-order valence-corrected chi connectivity index (χ0v) is 8.40. The first kappa shape index (κ1) is 9.85. The molecule has 2 rings (SSSR count). The van der Waals surface area contributed by atoms with Gasteiger partial charge in [0, 0.05) is 18.8 Å². The second-order valence-corrected chi connectivity index (χ2v) is 3.25. The van der Waals surface area contributed by atoms with Crippen LogP contribution < -0.4 is 5.32 Å². The van der Waals surface area contributed by atoms with Gasteiger partial charge in [-0.3, -0.25) is 5.10 Å². The third-order valence-corrected chi connectivity index (χ3v) is 2.08. The monoisotopic (exact) mass is 206 g/mol. The van der Waals surface area contributed by atoms with Crippen LogP contribution >= 0.6 is 0 Å². The van der Waals surface area contributed by atoms with E-state index in [1.54, 1.807) is 6.20 Å². The van der Waals surface area contributed by atoms with Crippen LogP contribution in [0.4, 0.5) is 0 Å². The third kappa shape index (κ3) is 3.17. The van der Waals surface area contributed by atoms with Crippen molar-refractivity contribution in [3.63, 3.8) is 0 Å². The average molecular weight is 206 g/mol. The maximum Gasteiger partial charge on any atom is 0.137 e. The van der Waals surface area contributed by atoms with E-state index in [0.717, 1.165) is 37.6 Å². The molecule has 0 saturated carbocycles. The Bertz CT molecular complexity index is 316. The molecule has 80 valence electrons. The summed E-state index contributed by atoms with van der Waals surface area (Å²) in [5.41, 5.74) is 0. The molecule has 0 fully saturated rings. The highest BCUT2D eigenvalue weighted by molar-refractivity contribution is 4.86. The van der Waals surface area contributed by atoms with Gasteiger partial charge in [0.15, 0.2) is 0 Å². The molecule has 0 spiro atoms. The highest BCUT2D eigenvalue weighted by atomic mass is 15.2. The smallest absolute Gasteiger partial charge is 0.137 e. The largest absolute Gasteiger partial charge is 0.348 e. The maximum absolute atomic E-state index is 4.12. The van der Waals surface area contributed by atoms with Crippen molar-refractivity contribution in [2.24, 2.45) is 0 Å². The molecule has 0 aliphatic rings. The van der Waals surface area contributed by atoms with Crippen molar-refractivity contribution in [2.75, 3.05) is 6.54 Å². The lowest BCUT2D eigenvalue weighted by Gasteiger charge is -2.00. The first-order chi connectivity index (χ1) is 7.45. The van der Waals surface area contributed by atoms with Gasteiger partial charge in [-0.05, 0) is 13.0 Å². The fraction of sp³-hybridized carbons (Fsp3) is 0.444. The van der Waals surface area contributed by atoms with Crippen LogP contribution in [0.25, 0.3) is 0 Å². The Labute approximate surface area is 87.5 Å². The van der Waals surface area contributed by atoms with Crippen molar-refractivity contribution < 1.29 is 0 Å². The molecular weight excluding hydrogens is 192 g/mol. The Morgan fingerprint density at radius 1 is 1.27 bits per heavy atom. The van der Waals surface area contributed by atoms with Crippen LogP contribution in [0.3, 0.4) is 0 Å². The Morgan fingerprint density at radius 2 is 2.27 bits per heavy atom. The van der Waals surface area contributed by atoms with Crippen LogP contribution in [-0.2, 0) is 13.0 Å². The maximum atomic E-state index is 4.12. The van der Waals surface area contributed by atoms with E-state index in [1.165, 1.54) is 6.33 Å². The van der Waals surface area contributed by atoms with Crippen molar-refractivity contribution >= 4 is 0 Å². The molecule has 0 unspecified atom stereocenters. The topological polar surface area (TPSA) is 82.3 Å². The van der Waals surface area contributed by atoms with Crippen molar-refractivity contribution in [3.05, 3.63) is 30.4 Å². The molecule has 0 aromatic carbocycles. The van der Waals surface area contributed by atoms with Crippen LogP contribution in [0.2, 0.25) is 0 Å². The predicted molar refractivity (Wildman–Crippen MR) is 55.0 cm³/mol. The summed E-state index contributed by atoms with van der Waals surface area (Å²) in [6.45, 7) is 1.73. The summed E-state index contributed by atoms with van der Waals surface area (Å²) in [6, 6.07) is 0. The van der Waals surface area contributed by atoms with Crippen LogP contribution in [-0.4, -0.2) is 31.7 Å². The highest BCUT2D eigenvalue weighted by Gasteiger charge is 1.96. The number of H-pyrrole nitrogens is 2. The second kappa shape index (κ2) is 5.26. The van der Waals surface area contributed by atoms with Crippen molar-refractivity contribution in [2.45, 2.75) is 19.4 Å². The van der Waals surface area contributed by atoms with E-state index >= 15 is 0 Å². The molecule has 2 heterocycles. The molecule has 3 N–H and O–H groups in total. The first-order valence-corrected chi connectivity index (χ1v) is 4.98. The molecule has 0 bridgehead atoms. The normalized spacial score (nSPS) is 10.7. The minimum atomic E-state index is 0.781. The van der Waals surface area contributed by atoms with E-state index in [4.69, 9.17) is 0 Å². The van der Waals surface area contributed by atoms with Crippen molar-refractivity contribution in [1.29, 1.82) is 0 Å². The lowest BCUT2D eigenvalue weighted by Crippen LogP contribution is -2.16. The number of hydrogen-bond donors (Lipinski definition) is 3. The van der Waals surface area contributed by atoms with Gasteiger partial charge in [-0.15, -0.1) is 0 Å². The lowest BCUT2D eigenvalue weighted by atomic mass is 10.3. The molecule has 6 heteroatoms. The fourth-order valence-electron chi connectivity index (χ4n) is 1.33. The number of imidazole rings is 1. The van der Waals surface area contributed by atoms with E-state index in [-0.39, 0.29) is 0 Å². The van der Waals surface area contributed by atoms with Gasteiger partial charge in [-0.1, -0.05) is 0 Å². The molecular formula is C9H14N6. The van der Waals surface area contributed by atoms with E-state index in [0.29, 0.717) is 0 Å². The third-order valence-electron chi connectivity index (χ3n) is 2.08. The number of nitrogens with zero attached hydrogens (tertiary/aromatic N) is 3. The quantitative estimate of drug-likeness (QED) is 0.592. The summed E-state index contributed by atoms with van der Waals surface area (Å²) in [5, 5.41) is 9.92. The molecule has 0 radical (unpaired) electrons. The molecule has 2 aromatic rings. The predicted octanol–water partition coefficient (Wildman–Crippen LogP) is 0.250. The summed E-state index contributed by atoms with van der Waals surface area (Å²) in [7, 11) is 0. The lowest BCUT2D eigenvalue weighted by molar-refractivity contribution is 0.625. The van der Waals surface area contributed by atoms with E-state index < -0.39 is 0 Å². The fourth-order valence-corrected chi connectivity index (χ4v) is 1.33. The van der Waals surface area contributed by atoms with Gasteiger partial charge in [0.2, 0.25) is 0 Å². The highest BCUT2D eigenvalue weighted by Crippen LogP contribution is 1.92. The standard InChI is InChI=1S/C9H14N6/c1(2-8-13-7-14-15-8)3-10-6-9-11-4-5-12-9/h4-5,7,10H,1-3,6H2,(H,11,12)(H,13,14,15). The van der Waals surface area contributed by atoms with Crippen LogP contribution in [0.1, 0.15) is 18.1 Å². The summed E-state index contributed by atoms with van der Waals surface area (Å²) < 4.78 is 0. The molecule has 0 amide bonds. The zero-order chi connectivity index (χ0) is 10.3. The Kier molecular flexibility index (Phi) is 3.45. The van der Waals surface area contributed by atoms with E-state index in [1.807, 2.05) is 6.20 Å². The molecule has 2 aromatic heterocycles. The number of aromatic amines is 2. The Balaban J connectivity index is 1.56. The minimum Gasteiger partial charge on any atom is -0.348 e. The summed E-state index contributed by atoms with van der Waals surface area (Å²) in [6.07, 6.45) is 7.07. The van der Waals surface area contributed by atoms with Crippen LogP contribution in [0.15, 0.2) is 18.7 Å². The number of rotatable bonds is 6. The van der Waals surface area contributed by atoms with Crippen molar-refractivity contribution in [1.82, 2.24) is 30.5 Å². The van der Waals surface area contributed by atoms with Gasteiger partial charge < -0.3 is 10.3 Å². The van der Waals surface area contributed by atoms with E-state index in [2.05, 4.69) is 30.5 Å². The van der Waals surface area contributed by atoms with Crippen molar-refractivity contribution in [3.8, 4) is 0 Å². The van der Waals surface area contributed by atoms with Gasteiger partial charge in [0.25, 0.3) is 0 Å². The second-order valence-electron chi connectivity index (χ2n) is 3.25. The Hall–Kier alpha value is -1.69. The summed E-state index contributed by atoms with van der Waals surface area (Å²) >= 11 is 0. The van der Waals surface area contributed by atoms with Gasteiger partial charge in [-0.25, -0.2) is 9.97 Å². The minimum absolute atomic E-state index is 0.781. The van der Waals surface area contributed by atoms with Crippen LogP contribution in [0, 0.1) is 0 Å². The van der Waals surface area contributed by atoms with Crippen LogP contribution in [0.5, 0.6) is 0 Å². The average Bonchev–Trinajstić information content (AvgIpc) is 2.88. The molecule has 0 aliphatic heterocycles. The Morgan fingerprint density at radius 3 is 3.00 bits per heavy atom. The molecule has 0 aliphatic carbocycles. The molecule has 0 saturated heterocycles.